The Hall–Kier alpha value is -2.68. The number of amides is 2. The Bertz CT molecular complexity index is 827. The van der Waals surface area contributed by atoms with E-state index in [1.165, 1.54) is 17.4 Å². The van der Waals surface area contributed by atoms with Gasteiger partial charge in [-0.05, 0) is 6.92 Å². The van der Waals surface area contributed by atoms with Crippen molar-refractivity contribution in [3.63, 3.8) is 0 Å². The number of anilines is 1. The molecule has 2 aromatic heterocycles. The van der Waals surface area contributed by atoms with Crippen LogP contribution >= 0.6 is 11.3 Å². The minimum Gasteiger partial charge on any atom is -0.502 e. The normalized spacial score (nSPS) is 11.2. The van der Waals surface area contributed by atoms with Crippen LogP contribution < -0.4 is 16.1 Å². The van der Waals surface area contributed by atoms with Crippen molar-refractivity contribution in [1.82, 2.24) is 10.3 Å². The third kappa shape index (κ3) is 4.90. The molecule has 3 N–H and O–H groups in total. The molecule has 0 fully saturated rings. The summed E-state index contributed by atoms with van der Waals surface area (Å²) in [5.41, 5.74) is -1.49. The molecule has 9 heteroatoms. The summed E-state index contributed by atoms with van der Waals surface area (Å²) >= 11 is 1.27. The highest BCUT2D eigenvalue weighted by atomic mass is 32.1. The zero-order chi connectivity index (χ0) is 18.6. The zero-order valence-electron chi connectivity index (χ0n) is 14.1. The highest BCUT2D eigenvalue weighted by Gasteiger charge is 2.31. The van der Waals surface area contributed by atoms with Crippen LogP contribution in [0.3, 0.4) is 0 Å². The fourth-order valence-electron chi connectivity index (χ4n) is 2.23. The molecule has 8 nitrogen and oxygen atoms in total. The van der Waals surface area contributed by atoms with E-state index < -0.39 is 28.4 Å². The van der Waals surface area contributed by atoms with Crippen molar-refractivity contribution < 1.29 is 19.1 Å². The zero-order valence-corrected chi connectivity index (χ0v) is 14.9. The highest BCUT2D eigenvalue weighted by molar-refractivity contribution is 7.13. The monoisotopic (exact) mass is 365 g/mol. The third-order valence-corrected chi connectivity index (χ3v) is 4.08. The van der Waals surface area contributed by atoms with Gasteiger partial charge in [0, 0.05) is 29.5 Å². The first-order valence-corrected chi connectivity index (χ1v) is 8.37. The van der Waals surface area contributed by atoms with E-state index in [4.69, 9.17) is 4.42 Å². The lowest BCUT2D eigenvalue weighted by Crippen LogP contribution is -2.36. The first-order valence-electron chi connectivity index (χ1n) is 7.49. The number of hydrogen-bond acceptors (Lipinski definition) is 7. The Kier molecular flexibility index (Phi) is 5.58. The standard InChI is InChI=1S/C16H19N3O5S/c1-9-6-10(20)13(23)14(24-9)16(2,3)7-11(21)18-8-12(22)19-15-17-4-5-25-15/h4-6,23H,7-8H2,1-3H3,(H,18,21)(H,17,19,22). The summed E-state index contributed by atoms with van der Waals surface area (Å²) in [6.07, 6.45) is 1.49. The minimum absolute atomic E-state index is 0.0416. The Morgan fingerprint density at radius 1 is 1.36 bits per heavy atom. The SMILES string of the molecule is Cc1cc(=O)c(O)c(C(C)(C)CC(=O)NCC(=O)Nc2nccs2)o1. The summed E-state index contributed by atoms with van der Waals surface area (Å²) in [7, 11) is 0. The summed E-state index contributed by atoms with van der Waals surface area (Å²) in [6, 6.07) is 1.18. The van der Waals surface area contributed by atoms with Crippen molar-refractivity contribution in [3.8, 4) is 5.75 Å². The van der Waals surface area contributed by atoms with Crippen molar-refractivity contribution in [3.05, 3.63) is 39.4 Å². The molecule has 134 valence electrons. The van der Waals surface area contributed by atoms with Crippen molar-refractivity contribution in [1.29, 1.82) is 0 Å². The van der Waals surface area contributed by atoms with Gasteiger partial charge in [-0.1, -0.05) is 13.8 Å². The van der Waals surface area contributed by atoms with E-state index in [0.29, 0.717) is 10.9 Å². The Morgan fingerprint density at radius 3 is 2.72 bits per heavy atom. The predicted octanol–water partition coefficient (Wildman–Crippen LogP) is 1.53. The molecule has 0 bridgehead atoms. The van der Waals surface area contributed by atoms with Crippen LogP contribution in [0.4, 0.5) is 5.13 Å². The van der Waals surface area contributed by atoms with Gasteiger partial charge in [0.15, 0.2) is 10.9 Å². The lowest BCUT2D eigenvalue weighted by atomic mass is 9.85. The van der Waals surface area contributed by atoms with Crippen LogP contribution in [0.25, 0.3) is 0 Å². The average Bonchev–Trinajstić information content (AvgIpc) is 3.01. The van der Waals surface area contributed by atoms with Gasteiger partial charge in [-0.3, -0.25) is 14.4 Å². The number of carbonyl (C=O) groups is 2. The van der Waals surface area contributed by atoms with Gasteiger partial charge in [-0.2, -0.15) is 0 Å². The highest BCUT2D eigenvalue weighted by Crippen LogP contribution is 2.32. The molecule has 2 heterocycles. The van der Waals surface area contributed by atoms with E-state index in [-0.39, 0.29) is 18.7 Å². The molecule has 0 unspecified atom stereocenters. The molecule has 2 aromatic rings. The molecule has 0 saturated carbocycles. The molecule has 0 spiro atoms. The predicted molar refractivity (Wildman–Crippen MR) is 92.8 cm³/mol. The maximum atomic E-state index is 12.1. The lowest BCUT2D eigenvalue weighted by Gasteiger charge is -2.23. The van der Waals surface area contributed by atoms with Gasteiger partial charge in [0.2, 0.25) is 23.0 Å². The topological polar surface area (TPSA) is 122 Å². The molecular weight excluding hydrogens is 346 g/mol. The van der Waals surface area contributed by atoms with Gasteiger partial charge >= 0.3 is 0 Å². The van der Waals surface area contributed by atoms with Crippen LogP contribution in [0.2, 0.25) is 0 Å². The fourth-order valence-corrected chi connectivity index (χ4v) is 2.78. The van der Waals surface area contributed by atoms with Gasteiger partial charge in [0.25, 0.3) is 0 Å². The smallest absolute Gasteiger partial charge is 0.245 e. The first kappa shape index (κ1) is 18.7. The van der Waals surface area contributed by atoms with Crippen LogP contribution in [0, 0.1) is 6.92 Å². The Morgan fingerprint density at radius 2 is 2.08 bits per heavy atom. The number of aromatic hydroxyl groups is 1. The second kappa shape index (κ2) is 7.47. The van der Waals surface area contributed by atoms with Gasteiger partial charge < -0.3 is 20.2 Å². The molecule has 2 amide bonds. The Labute approximate surface area is 147 Å². The number of aromatic nitrogens is 1. The number of nitrogens with zero attached hydrogens (tertiary/aromatic N) is 1. The van der Waals surface area contributed by atoms with Gasteiger partial charge in [-0.15, -0.1) is 11.3 Å². The number of thiazole rings is 1. The maximum Gasteiger partial charge on any atom is 0.245 e. The lowest BCUT2D eigenvalue weighted by molar-refractivity contribution is -0.125. The molecule has 0 aliphatic carbocycles. The number of hydrogen-bond donors (Lipinski definition) is 3. The van der Waals surface area contributed by atoms with Crippen LogP contribution in [-0.4, -0.2) is 28.4 Å². The van der Waals surface area contributed by atoms with Crippen LogP contribution in [-0.2, 0) is 15.0 Å². The van der Waals surface area contributed by atoms with Crippen LogP contribution in [0.1, 0.15) is 31.8 Å². The van der Waals surface area contributed by atoms with Crippen molar-refractivity contribution in [2.24, 2.45) is 0 Å². The summed E-state index contributed by atoms with van der Waals surface area (Å²) in [4.78, 5) is 39.5. The molecule has 25 heavy (non-hydrogen) atoms. The van der Waals surface area contributed by atoms with E-state index in [0.717, 1.165) is 0 Å². The molecule has 0 aliphatic heterocycles. The number of carbonyl (C=O) groups excluding carboxylic acids is 2. The van der Waals surface area contributed by atoms with Crippen molar-refractivity contribution in [2.45, 2.75) is 32.6 Å². The molecule has 0 saturated heterocycles. The van der Waals surface area contributed by atoms with E-state index in [2.05, 4.69) is 15.6 Å². The van der Waals surface area contributed by atoms with Crippen molar-refractivity contribution >= 4 is 28.3 Å². The molecule has 0 radical (unpaired) electrons. The molecule has 0 aromatic carbocycles. The van der Waals surface area contributed by atoms with Crippen LogP contribution in [0.15, 0.2) is 26.9 Å². The number of rotatable bonds is 6. The fraction of sp³-hybridized carbons (Fsp3) is 0.375. The summed E-state index contributed by atoms with van der Waals surface area (Å²) in [5, 5.41) is 17.1. The van der Waals surface area contributed by atoms with E-state index >= 15 is 0 Å². The largest absolute Gasteiger partial charge is 0.502 e. The number of nitrogens with one attached hydrogen (secondary N) is 2. The quantitative estimate of drug-likeness (QED) is 0.714. The van der Waals surface area contributed by atoms with E-state index in [1.54, 1.807) is 32.3 Å². The minimum atomic E-state index is -0.925. The van der Waals surface area contributed by atoms with E-state index in [1.807, 2.05) is 0 Å². The molecular formula is C16H19N3O5S. The summed E-state index contributed by atoms with van der Waals surface area (Å²) in [5.74, 6) is -0.937. The third-order valence-electron chi connectivity index (χ3n) is 3.39. The maximum absolute atomic E-state index is 12.1. The Balaban J connectivity index is 1.97. The van der Waals surface area contributed by atoms with Gasteiger partial charge in [0.1, 0.15) is 5.76 Å². The average molecular weight is 365 g/mol. The second-order valence-electron chi connectivity index (χ2n) is 6.12. The van der Waals surface area contributed by atoms with Gasteiger partial charge in [0.05, 0.1) is 6.54 Å². The molecule has 0 aliphatic rings. The summed E-state index contributed by atoms with van der Waals surface area (Å²) < 4.78 is 5.43. The summed E-state index contributed by atoms with van der Waals surface area (Å²) in [6.45, 7) is 4.71. The molecule has 2 rings (SSSR count). The van der Waals surface area contributed by atoms with E-state index in [9.17, 15) is 19.5 Å². The first-order chi connectivity index (χ1) is 11.7. The second-order valence-corrected chi connectivity index (χ2v) is 7.02. The van der Waals surface area contributed by atoms with Crippen molar-refractivity contribution in [2.75, 3.05) is 11.9 Å². The van der Waals surface area contributed by atoms with Gasteiger partial charge in [-0.25, -0.2) is 4.98 Å². The number of aryl methyl sites for hydroxylation is 1. The molecule has 0 atom stereocenters. The van der Waals surface area contributed by atoms with Crippen LogP contribution in [0.5, 0.6) is 5.75 Å².